The van der Waals surface area contributed by atoms with Crippen LogP contribution >= 0.6 is 23.4 Å². The molecule has 1 aromatic heterocycles. The third-order valence-electron chi connectivity index (χ3n) is 1.42. The summed E-state index contributed by atoms with van der Waals surface area (Å²) in [6.45, 7) is 0. The molecule has 0 saturated heterocycles. The Morgan fingerprint density at radius 3 is 2.87 bits per heavy atom. The Morgan fingerprint density at radius 1 is 1.60 bits per heavy atom. The van der Waals surface area contributed by atoms with Crippen LogP contribution in [0.2, 0.25) is 5.02 Å². The van der Waals surface area contributed by atoms with Gasteiger partial charge in [0, 0.05) is 12.0 Å². The number of nitrogens with two attached hydrogens (primary N) is 1. The lowest BCUT2D eigenvalue weighted by molar-refractivity contribution is 0.603. The first-order chi connectivity index (χ1) is 6.88. The van der Waals surface area contributed by atoms with Gasteiger partial charge in [0.25, 0.3) is 0 Å². The number of aromatic nitrogens is 2. The number of anilines is 1. The normalized spacial score (nSPS) is 11.6. The first kappa shape index (κ1) is 12.5. The Bertz CT molecular complexity index is 450. The van der Waals surface area contributed by atoms with Crippen LogP contribution in [0.25, 0.3) is 0 Å². The van der Waals surface area contributed by atoms with Crippen LogP contribution in [0.3, 0.4) is 0 Å². The van der Waals surface area contributed by atoms with E-state index in [1.165, 1.54) is 24.2 Å². The van der Waals surface area contributed by atoms with Gasteiger partial charge in [-0.3, -0.25) is 0 Å². The molecule has 0 aliphatic rings. The molecule has 0 radical (unpaired) electrons. The number of nitrogens with zero attached hydrogens (tertiary/aromatic N) is 2. The van der Waals surface area contributed by atoms with Crippen LogP contribution < -0.4 is 5.73 Å². The van der Waals surface area contributed by atoms with Gasteiger partial charge in [0.1, 0.15) is 14.9 Å². The monoisotopic (exact) mass is 267 g/mol. The third kappa shape index (κ3) is 4.67. The predicted molar refractivity (Wildman–Crippen MR) is 61.9 cm³/mol. The number of nitrogen functional groups attached to an aromatic ring is 1. The second-order valence-electron chi connectivity index (χ2n) is 2.86. The molecule has 0 fully saturated rings. The average Bonchev–Trinajstić information content (AvgIpc) is 2.09. The fraction of sp³-hybridized carbons (Fsp3) is 0.429. The highest BCUT2D eigenvalue weighted by Crippen LogP contribution is 2.24. The molecule has 0 atom stereocenters. The Labute approximate surface area is 97.4 Å². The first-order valence-electron chi connectivity index (χ1n) is 3.97. The molecule has 0 amide bonds. The fourth-order valence-corrected chi connectivity index (χ4v) is 3.10. The van der Waals surface area contributed by atoms with Gasteiger partial charge in [-0.1, -0.05) is 11.6 Å². The molecular formula is C7H10ClN3O2S2. The average molecular weight is 268 g/mol. The molecule has 5 nitrogen and oxygen atoms in total. The predicted octanol–water partition coefficient (Wildman–Crippen LogP) is 0.849. The number of halogens is 1. The van der Waals surface area contributed by atoms with Crippen LogP contribution in [0.4, 0.5) is 5.95 Å². The van der Waals surface area contributed by atoms with E-state index in [-0.39, 0.29) is 11.7 Å². The zero-order chi connectivity index (χ0) is 11.5. The van der Waals surface area contributed by atoms with E-state index in [0.29, 0.717) is 15.8 Å². The highest BCUT2D eigenvalue weighted by atomic mass is 35.5. The van der Waals surface area contributed by atoms with E-state index in [2.05, 4.69) is 9.97 Å². The Kier molecular flexibility index (Phi) is 4.18. The minimum atomic E-state index is -2.96. The molecular weight excluding hydrogens is 258 g/mol. The van der Waals surface area contributed by atoms with Crippen LogP contribution in [0.5, 0.6) is 0 Å². The number of sulfone groups is 1. The summed E-state index contributed by atoms with van der Waals surface area (Å²) < 4.78 is 21.7. The fourth-order valence-electron chi connectivity index (χ4n) is 0.755. The Balaban J connectivity index is 2.61. The van der Waals surface area contributed by atoms with Gasteiger partial charge in [-0.25, -0.2) is 18.4 Å². The molecule has 1 aromatic rings. The van der Waals surface area contributed by atoms with Crippen molar-refractivity contribution in [3.8, 4) is 0 Å². The molecule has 84 valence electrons. The van der Waals surface area contributed by atoms with E-state index in [9.17, 15) is 8.42 Å². The zero-order valence-electron chi connectivity index (χ0n) is 7.97. The SMILES string of the molecule is CS(=O)(=O)CCSc1nc(N)ncc1Cl. The van der Waals surface area contributed by atoms with Crippen molar-refractivity contribution in [2.45, 2.75) is 5.03 Å². The van der Waals surface area contributed by atoms with Gasteiger partial charge < -0.3 is 5.73 Å². The van der Waals surface area contributed by atoms with Gasteiger partial charge in [-0.15, -0.1) is 11.8 Å². The van der Waals surface area contributed by atoms with Crippen molar-refractivity contribution >= 4 is 39.1 Å². The summed E-state index contributed by atoms with van der Waals surface area (Å²) in [7, 11) is -2.96. The molecule has 0 saturated carbocycles. The molecule has 0 spiro atoms. The number of thioether (sulfide) groups is 1. The lowest BCUT2D eigenvalue weighted by Crippen LogP contribution is -2.05. The van der Waals surface area contributed by atoms with Crippen molar-refractivity contribution in [2.75, 3.05) is 23.5 Å². The summed E-state index contributed by atoms with van der Waals surface area (Å²) in [5.41, 5.74) is 5.37. The summed E-state index contributed by atoms with van der Waals surface area (Å²) in [4.78, 5) is 7.59. The van der Waals surface area contributed by atoms with Crippen LogP contribution in [-0.4, -0.2) is 36.1 Å². The Morgan fingerprint density at radius 2 is 2.27 bits per heavy atom. The standard InChI is InChI=1S/C7H10ClN3O2S2/c1-15(12,13)3-2-14-6-5(8)4-10-7(9)11-6/h4H,2-3H2,1H3,(H2,9,10,11). The Hall–Kier alpha value is -0.530. The number of hydrogen-bond donors (Lipinski definition) is 1. The van der Waals surface area contributed by atoms with E-state index in [1.807, 2.05) is 0 Å². The van der Waals surface area contributed by atoms with Crippen LogP contribution in [-0.2, 0) is 9.84 Å². The lowest BCUT2D eigenvalue weighted by Gasteiger charge is -2.02. The molecule has 8 heteroatoms. The van der Waals surface area contributed by atoms with Crippen LogP contribution in [0, 0.1) is 0 Å². The van der Waals surface area contributed by atoms with Gasteiger partial charge in [0.05, 0.1) is 17.0 Å². The largest absolute Gasteiger partial charge is 0.368 e. The first-order valence-corrected chi connectivity index (χ1v) is 7.39. The number of hydrogen-bond acceptors (Lipinski definition) is 6. The van der Waals surface area contributed by atoms with Gasteiger partial charge in [-0.05, 0) is 0 Å². The molecule has 0 aliphatic heterocycles. The molecule has 1 heterocycles. The van der Waals surface area contributed by atoms with Crippen LogP contribution in [0.15, 0.2) is 11.2 Å². The summed E-state index contributed by atoms with van der Waals surface area (Å²) in [6.07, 6.45) is 2.58. The van der Waals surface area contributed by atoms with Gasteiger partial charge in [0.2, 0.25) is 5.95 Å². The summed E-state index contributed by atoms with van der Waals surface area (Å²) >= 11 is 7.04. The number of rotatable bonds is 4. The van der Waals surface area contributed by atoms with Gasteiger partial charge in [0.15, 0.2) is 0 Å². The maximum Gasteiger partial charge on any atom is 0.221 e. The molecule has 0 aliphatic carbocycles. The smallest absolute Gasteiger partial charge is 0.221 e. The van der Waals surface area contributed by atoms with Crippen molar-refractivity contribution in [1.82, 2.24) is 9.97 Å². The van der Waals surface area contributed by atoms with E-state index >= 15 is 0 Å². The van der Waals surface area contributed by atoms with Gasteiger partial charge >= 0.3 is 0 Å². The van der Waals surface area contributed by atoms with Crippen molar-refractivity contribution in [3.05, 3.63) is 11.2 Å². The van der Waals surface area contributed by atoms with Crippen molar-refractivity contribution in [3.63, 3.8) is 0 Å². The van der Waals surface area contributed by atoms with E-state index in [0.717, 1.165) is 0 Å². The van der Waals surface area contributed by atoms with Gasteiger partial charge in [-0.2, -0.15) is 0 Å². The second kappa shape index (κ2) is 5.00. The highest BCUT2D eigenvalue weighted by molar-refractivity contribution is 8.00. The minimum absolute atomic E-state index is 0.0813. The van der Waals surface area contributed by atoms with Crippen LogP contribution in [0.1, 0.15) is 0 Å². The van der Waals surface area contributed by atoms with E-state index in [1.54, 1.807) is 0 Å². The quantitative estimate of drug-likeness (QED) is 0.643. The summed E-state index contributed by atoms with van der Waals surface area (Å²) in [6, 6.07) is 0. The maximum absolute atomic E-state index is 10.9. The molecule has 0 aromatic carbocycles. The van der Waals surface area contributed by atoms with E-state index in [4.69, 9.17) is 17.3 Å². The molecule has 15 heavy (non-hydrogen) atoms. The highest BCUT2D eigenvalue weighted by Gasteiger charge is 2.07. The van der Waals surface area contributed by atoms with Crippen molar-refractivity contribution in [1.29, 1.82) is 0 Å². The summed E-state index contributed by atoms with van der Waals surface area (Å²) in [5.74, 6) is 0.605. The zero-order valence-corrected chi connectivity index (χ0v) is 10.4. The van der Waals surface area contributed by atoms with Crippen molar-refractivity contribution < 1.29 is 8.42 Å². The third-order valence-corrected chi connectivity index (χ3v) is 4.01. The topological polar surface area (TPSA) is 85.9 Å². The minimum Gasteiger partial charge on any atom is -0.368 e. The van der Waals surface area contributed by atoms with Crippen molar-refractivity contribution in [2.24, 2.45) is 0 Å². The second-order valence-corrected chi connectivity index (χ2v) is 6.61. The lowest BCUT2D eigenvalue weighted by atomic mass is 10.7. The molecule has 2 N–H and O–H groups in total. The molecule has 0 unspecified atom stereocenters. The molecule has 0 bridgehead atoms. The maximum atomic E-state index is 10.9. The summed E-state index contributed by atoms with van der Waals surface area (Å²) in [5, 5.41) is 0.885. The van der Waals surface area contributed by atoms with E-state index < -0.39 is 9.84 Å². The molecule has 1 rings (SSSR count).